The highest BCUT2D eigenvalue weighted by Crippen LogP contribution is 2.30. The summed E-state index contributed by atoms with van der Waals surface area (Å²) in [6.07, 6.45) is 1.62. The van der Waals surface area contributed by atoms with Crippen LogP contribution in [0.5, 0.6) is 5.75 Å². The summed E-state index contributed by atoms with van der Waals surface area (Å²) >= 11 is 0. The van der Waals surface area contributed by atoms with Crippen LogP contribution < -0.4 is 15.4 Å². The Morgan fingerprint density at radius 3 is 2.83 bits per heavy atom. The van der Waals surface area contributed by atoms with Crippen molar-refractivity contribution < 1.29 is 9.53 Å². The van der Waals surface area contributed by atoms with Gasteiger partial charge in [-0.05, 0) is 56.3 Å². The van der Waals surface area contributed by atoms with Gasteiger partial charge < -0.3 is 20.4 Å². The SMILES string of the molecule is COc1ccc2nc([C@H]3C[C@H](NC(=O)Nc4ccc(C#N)cc4)CCN3C)[nH]c2c1. The van der Waals surface area contributed by atoms with Crippen molar-refractivity contribution >= 4 is 22.8 Å². The molecule has 2 aromatic carbocycles. The standard InChI is InChI=1S/C22H24N6O2/c1-28-10-9-16(25-22(29)24-15-5-3-14(13-23)4-6-15)11-20(28)21-26-18-8-7-17(30-2)12-19(18)27-21/h3-8,12,16,20H,9-11H2,1-2H3,(H,26,27)(H2,24,25,29)/t16-,20-/m1/s1. The van der Waals surface area contributed by atoms with Gasteiger partial charge in [-0.15, -0.1) is 0 Å². The predicted molar refractivity (Wildman–Crippen MR) is 114 cm³/mol. The van der Waals surface area contributed by atoms with Crippen LogP contribution in [0.1, 0.15) is 30.3 Å². The number of nitrogens with one attached hydrogen (secondary N) is 3. The number of likely N-dealkylation sites (tertiary alicyclic amines) is 1. The molecular weight excluding hydrogens is 380 g/mol. The third kappa shape index (κ3) is 4.21. The lowest BCUT2D eigenvalue weighted by molar-refractivity contribution is 0.153. The molecule has 0 aliphatic carbocycles. The Morgan fingerprint density at radius 1 is 1.30 bits per heavy atom. The molecular formula is C22H24N6O2. The summed E-state index contributed by atoms with van der Waals surface area (Å²) in [6, 6.07) is 14.5. The van der Waals surface area contributed by atoms with Crippen molar-refractivity contribution in [3.05, 3.63) is 53.9 Å². The fourth-order valence-electron chi connectivity index (χ4n) is 3.81. The van der Waals surface area contributed by atoms with Crippen LogP contribution in [0.25, 0.3) is 11.0 Å². The molecule has 0 bridgehead atoms. The number of piperidine rings is 1. The zero-order valence-electron chi connectivity index (χ0n) is 17.0. The minimum Gasteiger partial charge on any atom is -0.497 e. The Bertz CT molecular complexity index is 1090. The summed E-state index contributed by atoms with van der Waals surface area (Å²) < 4.78 is 5.29. The van der Waals surface area contributed by atoms with E-state index in [4.69, 9.17) is 15.0 Å². The summed E-state index contributed by atoms with van der Waals surface area (Å²) in [4.78, 5) is 22.8. The van der Waals surface area contributed by atoms with E-state index < -0.39 is 0 Å². The van der Waals surface area contributed by atoms with Gasteiger partial charge in [0.05, 0.1) is 35.8 Å². The first-order valence-electron chi connectivity index (χ1n) is 9.87. The Labute approximate surface area is 174 Å². The maximum atomic E-state index is 12.4. The van der Waals surface area contributed by atoms with Gasteiger partial charge in [0.1, 0.15) is 11.6 Å². The van der Waals surface area contributed by atoms with Gasteiger partial charge in [0.2, 0.25) is 0 Å². The predicted octanol–water partition coefficient (Wildman–Crippen LogP) is 3.40. The van der Waals surface area contributed by atoms with E-state index in [1.54, 1.807) is 31.4 Å². The van der Waals surface area contributed by atoms with Gasteiger partial charge in [0.25, 0.3) is 0 Å². The number of aromatic amines is 1. The van der Waals surface area contributed by atoms with E-state index in [-0.39, 0.29) is 18.1 Å². The van der Waals surface area contributed by atoms with Crippen LogP contribution in [0, 0.1) is 11.3 Å². The van der Waals surface area contributed by atoms with Gasteiger partial charge in [0, 0.05) is 24.3 Å². The largest absolute Gasteiger partial charge is 0.497 e. The smallest absolute Gasteiger partial charge is 0.319 e. The van der Waals surface area contributed by atoms with Crippen molar-refractivity contribution in [1.82, 2.24) is 20.2 Å². The molecule has 2 amide bonds. The number of carbonyl (C=O) groups excluding carboxylic acids is 1. The number of amides is 2. The van der Waals surface area contributed by atoms with E-state index >= 15 is 0 Å². The minimum atomic E-state index is -0.248. The quantitative estimate of drug-likeness (QED) is 0.618. The molecule has 1 aliphatic rings. The minimum absolute atomic E-state index is 0.0346. The lowest BCUT2D eigenvalue weighted by Gasteiger charge is -2.36. The van der Waals surface area contributed by atoms with E-state index in [9.17, 15) is 4.79 Å². The number of aromatic nitrogens is 2. The highest BCUT2D eigenvalue weighted by atomic mass is 16.5. The second kappa shape index (κ2) is 8.43. The Morgan fingerprint density at radius 2 is 2.10 bits per heavy atom. The van der Waals surface area contributed by atoms with Crippen LogP contribution in [-0.4, -0.2) is 47.6 Å². The zero-order valence-corrected chi connectivity index (χ0v) is 17.0. The second-order valence-electron chi connectivity index (χ2n) is 7.51. The number of nitriles is 1. The number of nitrogens with zero attached hydrogens (tertiary/aromatic N) is 3. The molecule has 3 N–H and O–H groups in total. The third-order valence-corrected chi connectivity index (χ3v) is 5.50. The fraction of sp³-hybridized carbons (Fsp3) is 0.318. The average molecular weight is 404 g/mol. The summed E-state index contributed by atoms with van der Waals surface area (Å²) in [5.41, 5.74) is 3.05. The van der Waals surface area contributed by atoms with Gasteiger partial charge in [0.15, 0.2) is 0 Å². The summed E-state index contributed by atoms with van der Waals surface area (Å²) in [5, 5.41) is 14.8. The maximum absolute atomic E-state index is 12.4. The number of hydrogen-bond acceptors (Lipinski definition) is 5. The molecule has 1 aliphatic heterocycles. The topological polar surface area (TPSA) is 106 Å². The molecule has 4 rings (SSSR count). The highest BCUT2D eigenvalue weighted by molar-refractivity contribution is 5.89. The first-order chi connectivity index (χ1) is 14.6. The Balaban J connectivity index is 1.42. The Kier molecular flexibility index (Phi) is 5.55. The molecule has 8 nitrogen and oxygen atoms in total. The number of imidazole rings is 1. The van der Waals surface area contributed by atoms with Crippen LogP contribution >= 0.6 is 0 Å². The van der Waals surface area contributed by atoms with Crippen molar-refractivity contribution in [2.24, 2.45) is 0 Å². The van der Waals surface area contributed by atoms with E-state index in [1.165, 1.54) is 0 Å². The van der Waals surface area contributed by atoms with Crippen molar-refractivity contribution in [3.8, 4) is 11.8 Å². The molecule has 1 saturated heterocycles. The van der Waals surface area contributed by atoms with E-state index in [0.717, 1.165) is 42.0 Å². The number of rotatable bonds is 4. The molecule has 2 atom stereocenters. The maximum Gasteiger partial charge on any atom is 0.319 e. The zero-order chi connectivity index (χ0) is 21.1. The lowest BCUT2D eigenvalue weighted by Crippen LogP contribution is -2.46. The van der Waals surface area contributed by atoms with Gasteiger partial charge in [-0.1, -0.05) is 0 Å². The summed E-state index contributed by atoms with van der Waals surface area (Å²) in [6.45, 7) is 0.854. The average Bonchev–Trinajstić information content (AvgIpc) is 3.18. The van der Waals surface area contributed by atoms with Crippen molar-refractivity contribution in [3.63, 3.8) is 0 Å². The lowest BCUT2D eigenvalue weighted by atomic mass is 9.97. The number of carbonyl (C=O) groups is 1. The van der Waals surface area contributed by atoms with Crippen LogP contribution in [0.3, 0.4) is 0 Å². The second-order valence-corrected chi connectivity index (χ2v) is 7.51. The van der Waals surface area contributed by atoms with Gasteiger partial charge in [-0.3, -0.25) is 4.90 Å². The number of fused-ring (bicyclic) bond motifs is 1. The molecule has 0 unspecified atom stereocenters. The molecule has 8 heteroatoms. The molecule has 1 fully saturated rings. The third-order valence-electron chi connectivity index (χ3n) is 5.50. The molecule has 0 spiro atoms. The number of anilines is 1. The van der Waals surface area contributed by atoms with Gasteiger partial charge in [-0.25, -0.2) is 9.78 Å². The van der Waals surface area contributed by atoms with Crippen molar-refractivity contribution in [2.75, 3.05) is 26.0 Å². The number of ether oxygens (including phenoxy) is 1. The fourth-order valence-corrected chi connectivity index (χ4v) is 3.81. The van der Waals surface area contributed by atoms with Crippen molar-refractivity contribution in [2.45, 2.75) is 24.9 Å². The number of methoxy groups -OCH3 is 1. The molecule has 1 aromatic heterocycles. The first-order valence-corrected chi connectivity index (χ1v) is 9.87. The van der Waals surface area contributed by atoms with Gasteiger partial charge in [-0.2, -0.15) is 5.26 Å². The van der Waals surface area contributed by atoms with Gasteiger partial charge >= 0.3 is 6.03 Å². The molecule has 30 heavy (non-hydrogen) atoms. The summed E-state index contributed by atoms with van der Waals surface area (Å²) in [5.74, 6) is 1.67. The van der Waals surface area contributed by atoms with Crippen LogP contribution in [-0.2, 0) is 0 Å². The Hall–Kier alpha value is -3.57. The number of benzene rings is 2. The van der Waals surface area contributed by atoms with Crippen LogP contribution in [0.4, 0.5) is 10.5 Å². The van der Waals surface area contributed by atoms with Crippen LogP contribution in [0.15, 0.2) is 42.5 Å². The van der Waals surface area contributed by atoms with Crippen LogP contribution in [0.2, 0.25) is 0 Å². The molecule has 0 saturated carbocycles. The van der Waals surface area contributed by atoms with E-state index in [0.29, 0.717) is 11.3 Å². The highest BCUT2D eigenvalue weighted by Gasteiger charge is 2.30. The number of urea groups is 1. The number of hydrogen-bond donors (Lipinski definition) is 3. The normalized spacial score (nSPS) is 19.2. The number of H-pyrrole nitrogens is 1. The van der Waals surface area contributed by atoms with E-state index in [1.807, 2.05) is 18.2 Å². The molecule has 154 valence electrons. The molecule has 0 radical (unpaired) electrons. The first kappa shape index (κ1) is 19.7. The van der Waals surface area contributed by atoms with E-state index in [2.05, 4.69) is 33.6 Å². The molecule has 3 aromatic rings. The monoisotopic (exact) mass is 404 g/mol. The van der Waals surface area contributed by atoms with Crippen molar-refractivity contribution in [1.29, 1.82) is 5.26 Å². The molecule has 2 heterocycles. The summed E-state index contributed by atoms with van der Waals surface area (Å²) in [7, 11) is 3.72.